The van der Waals surface area contributed by atoms with Crippen molar-refractivity contribution in [2.45, 2.75) is 6.54 Å². The number of carbonyl (C=O) groups excluding carboxylic acids is 1. The Morgan fingerprint density at radius 3 is 2.12 bits per heavy atom. The van der Waals surface area contributed by atoms with Gasteiger partial charge in [0.05, 0.1) is 5.39 Å². The summed E-state index contributed by atoms with van der Waals surface area (Å²) in [6.45, 7) is 3.54. The predicted molar refractivity (Wildman–Crippen MR) is 126 cm³/mol. The van der Waals surface area contributed by atoms with Crippen molar-refractivity contribution < 1.29 is 9.21 Å². The van der Waals surface area contributed by atoms with Crippen LogP contribution in [0, 0.1) is 0 Å². The Morgan fingerprint density at radius 1 is 0.781 bits per heavy atom. The van der Waals surface area contributed by atoms with Gasteiger partial charge >= 0.3 is 0 Å². The third-order valence-electron chi connectivity index (χ3n) is 5.96. The Bertz CT molecular complexity index is 1290. The molecule has 32 heavy (non-hydrogen) atoms. The monoisotopic (exact) mass is 424 g/mol. The molecule has 160 valence electrons. The van der Waals surface area contributed by atoms with Crippen molar-refractivity contribution in [2.24, 2.45) is 0 Å². The zero-order valence-corrected chi connectivity index (χ0v) is 17.7. The maximum atomic E-state index is 13.6. The maximum Gasteiger partial charge on any atom is 0.261 e. The topological polar surface area (TPSA) is 53.8 Å². The number of nitrogens with zero attached hydrogens (tertiary/aromatic N) is 2. The summed E-state index contributed by atoms with van der Waals surface area (Å²) in [5.74, 6) is 0.0775. The van der Waals surface area contributed by atoms with E-state index in [1.165, 1.54) is 5.56 Å². The van der Waals surface area contributed by atoms with Crippen molar-refractivity contribution in [3.8, 4) is 11.3 Å². The lowest BCUT2D eigenvalue weighted by Crippen LogP contribution is -2.49. The van der Waals surface area contributed by atoms with Crippen molar-refractivity contribution in [1.82, 2.24) is 9.80 Å². The van der Waals surface area contributed by atoms with Crippen LogP contribution in [0.1, 0.15) is 15.9 Å². The highest BCUT2D eigenvalue weighted by Crippen LogP contribution is 2.27. The van der Waals surface area contributed by atoms with Gasteiger partial charge in [-0.05, 0) is 17.7 Å². The van der Waals surface area contributed by atoms with E-state index in [0.717, 1.165) is 25.2 Å². The third-order valence-corrected chi connectivity index (χ3v) is 5.96. The molecule has 0 atom stereocenters. The third kappa shape index (κ3) is 3.95. The normalized spacial score (nSPS) is 14.6. The van der Waals surface area contributed by atoms with Crippen molar-refractivity contribution >= 4 is 16.9 Å². The van der Waals surface area contributed by atoms with Crippen molar-refractivity contribution in [3.05, 3.63) is 106 Å². The van der Waals surface area contributed by atoms with E-state index in [0.29, 0.717) is 29.8 Å². The molecule has 5 nitrogen and oxygen atoms in total. The number of hydrogen-bond acceptors (Lipinski definition) is 4. The summed E-state index contributed by atoms with van der Waals surface area (Å²) in [6, 6.07) is 26.8. The van der Waals surface area contributed by atoms with Crippen LogP contribution in [0.25, 0.3) is 22.3 Å². The summed E-state index contributed by atoms with van der Waals surface area (Å²) >= 11 is 0. The van der Waals surface area contributed by atoms with Gasteiger partial charge in [-0.15, -0.1) is 0 Å². The van der Waals surface area contributed by atoms with Gasteiger partial charge in [0, 0.05) is 38.3 Å². The molecule has 0 radical (unpaired) electrons. The van der Waals surface area contributed by atoms with Gasteiger partial charge in [0.15, 0.2) is 5.76 Å². The second kappa shape index (κ2) is 8.81. The average molecular weight is 425 g/mol. The second-order valence-corrected chi connectivity index (χ2v) is 8.05. The lowest BCUT2D eigenvalue weighted by atomic mass is 10.0. The van der Waals surface area contributed by atoms with Crippen LogP contribution in [0.2, 0.25) is 0 Å². The SMILES string of the molecule is O=C(c1c(-c2ccccc2)oc2ccccc2c1=O)N1CCN(Cc2ccccc2)CC1. The molecule has 5 heteroatoms. The Morgan fingerprint density at radius 2 is 1.41 bits per heavy atom. The predicted octanol–water partition coefficient (Wildman–Crippen LogP) is 4.42. The van der Waals surface area contributed by atoms with Crippen LogP contribution in [0.15, 0.2) is 94.1 Å². The van der Waals surface area contributed by atoms with E-state index in [4.69, 9.17) is 4.42 Å². The van der Waals surface area contributed by atoms with E-state index >= 15 is 0 Å². The standard InChI is InChI=1S/C27H24N2O3/c30-25-22-13-7-8-14-23(22)32-26(21-11-5-2-6-12-21)24(25)27(31)29-17-15-28(16-18-29)19-20-9-3-1-4-10-20/h1-14H,15-19H2. The highest BCUT2D eigenvalue weighted by molar-refractivity contribution is 6.02. The molecule has 0 unspecified atom stereocenters. The number of rotatable bonds is 4. The molecule has 0 bridgehead atoms. The maximum absolute atomic E-state index is 13.6. The minimum atomic E-state index is -0.276. The zero-order valence-electron chi connectivity index (χ0n) is 17.7. The summed E-state index contributed by atoms with van der Waals surface area (Å²) in [7, 11) is 0. The molecular weight excluding hydrogens is 400 g/mol. The minimum absolute atomic E-state index is 0.117. The number of carbonyl (C=O) groups is 1. The van der Waals surface area contributed by atoms with Gasteiger partial charge in [-0.25, -0.2) is 0 Å². The van der Waals surface area contributed by atoms with Crippen LogP contribution < -0.4 is 5.43 Å². The molecule has 1 aliphatic heterocycles. The highest BCUT2D eigenvalue weighted by atomic mass is 16.3. The first-order valence-electron chi connectivity index (χ1n) is 10.9. The molecule has 1 aliphatic rings. The van der Waals surface area contributed by atoms with E-state index in [-0.39, 0.29) is 16.9 Å². The Balaban J connectivity index is 1.45. The van der Waals surface area contributed by atoms with Gasteiger partial charge < -0.3 is 9.32 Å². The molecule has 4 aromatic rings. The molecule has 0 spiro atoms. The van der Waals surface area contributed by atoms with E-state index in [1.807, 2.05) is 54.6 Å². The fourth-order valence-corrected chi connectivity index (χ4v) is 4.24. The first kappa shape index (κ1) is 20.2. The lowest BCUT2D eigenvalue weighted by Gasteiger charge is -2.34. The summed E-state index contributed by atoms with van der Waals surface area (Å²) in [6.07, 6.45) is 0. The van der Waals surface area contributed by atoms with Crippen LogP contribution in [0.3, 0.4) is 0 Å². The number of hydrogen-bond donors (Lipinski definition) is 0. The van der Waals surface area contributed by atoms with Crippen LogP contribution in [0.5, 0.6) is 0 Å². The molecule has 3 aromatic carbocycles. The zero-order chi connectivity index (χ0) is 21.9. The quantitative estimate of drug-likeness (QED) is 0.487. The summed E-state index contributed by atoms with van der Waals surface area (Å²) in [5, 5.41) is 0.429. The number of benzene rings is 3. The van der Waals surface area contributed by atoms with Gasteiger partial charge in [0.2, 0.25) is 5.43 Å². The Labute approximate surface area is 186 Å². The largest absolute Gasteiger partial charge is 0.455 e. The fourth-order valence-electron chi connectivity index (χ4n) is 4.24. The number of para-hydroxylation sites is 1. The van der Waals surface area contributed by atoms with Crippen molar-refractivity contribution in [1.29, 1.82) is 0 Å². The van der Waals surface area contributed by atoms with E-state index in [2.05, 4.69) is 17.0 Å². The first-order chi connectivity index (χ1) is 15.7. The van der Waals surface area contributed by atoms with Crippen molar-refractivity contribution in [2.75, 3.05) is 26.2 Å². The van der Waals surface area contributed by atoms with Crippen LogP contribution in [-0.4, -0.2) is 41.9 Å². The molecule has 2 heterocycles. The van der Waals surface area contributed by atoms with E-state index in [1.54, 1.807) is 23.1 Å². The Hall–Kier alpha value is -3.70. The minimum Gasteiger partial charge on any atom is -0.455 e. The molecule has 5 rings (SSSR count). The van der Waals surface area contributed by atoms with Crippen LogP contribution in [0.4, 0.5) is 0 Å². The Kier molecular flexibility index (Phi) is 5.57. The lowest BCUT2D eigenvalue weighted by molar-refractivity contribution is 0.0626. The molecule has 1 fully saturated rings. The molecular formula is C27H24N2O3. The van der Waals surface area contributed by atoms with E-state index < -0.39 is 0 Å². The van der Waals surface area contributed by atoms with Crippen LogP contribution in [-0.2, 0) is 6.54 Å². The number of amides is 1. The van der Waals surface area contributed by atoms with E-state index in [9.17, 15) is 9.59 Å². The summed E-state index contributed by atoms with van der Waals surface area (Å²) in [4.78, 5) is 31.1. The van der Waals surface area contributed by atoms with Gasteiger partial charge in [-0.1, -0.05) is 72.8 Å². The smallest absolute Gasteiger partial charge is 0.261 e. The van der Waals surface area contributed by atoms with Gasteiger partial charge in [0.25, 0.3) is 5.91 Å². The first-order valence-corrected chi connectivity index (χ1v) is 10.9. The molecule has 0 aliphatic carbocycles. The summed E-state index contributed by atoms with van der Waals surface area (Å²) in [5.41, 5.74) is 2.31. The molecule has 0 N–H and O–H groups in total. The van der Waals surface area contributed by atoms with Gasteiger partial charge in [-0.2, -0.15) is 0 Å². The highest BCUT2D eigenvalue weighted by Gasteiger charge is 2.28. The average Bonchev–Trinajstić information content (AvgIpc) is 2.85. The second-order valence-electron chi connectivity index (χ2n) is 8.05. The van der Waals surface area contributed by atoms with Gasteiger partial charge in [-0.3, -0.25) is 14.5 Å². The van der Waals surface area contributed by atoms with Gasteiger partial charge in [0.1, 0.15) is 11.1 Å². The molecule has 0 saturated carbocycles. The van der Waals surface area contributed by atoms with Crippen LogP contribution >= 0.6 is 0 Å². The summed E-state index contributed by atoms with van der Waals surface area (Å²) < 4.78 is 6.11. The fraction of sp³-hybridized carbons (Fsp3) is 0.185. The van der Waals surface area contributed by atoms with Crippen molar-refractivity contribution in [3.63, 3.8) is 0 Å². The molecule has 1 amide bonds. The molecule has 1 saturated heterocycles. The number of piperazine rings is 1. The molecule has 1 aromatic heterocycles. The number of fused-ring (bicyclic) bond motifs is 1.